The maximum atomic E-state index is 10.5. The highest BCUT2D eigenvalue weighted by Gasteiger charge is 2.24. The van der Waals surface area contributed by atoms with Crippen molar-refractivity contribution in [1.29, 1.82) is 0 Å². The monoisotopic (exact) mass is 176 g/mol. The van der Waals surface area contributed by atoms with Gasteiger partial charge < -0.3 is 4.79 Å². The second-order valence-electron chi connectivity index (χ2n) is 2.45. The fourth-order valence-electron chi connectivity index (χ4n) is 1.08. The van der Waals surface area contributed by atoms with Crippen LogP contribution in [0.25, 0.3) is 0 Å². The Balaban J connectivity index is 2.36. The zero-order valence-corrected chi connectivity index (χ0v) is 7.71. The molecule has 0 bridgehead atoms. The molecule has 3 heteroatoms. The summed E-state index contributed by atoms with van der Waals surface area (Å²) in [6, 6.07) is 0. The third kappa shape index (κ3) is 1.92. The van der Waals surface area contributed by atoms with Crippen molar-refractivity contribution in [2.75, 3.05) is 5.75 Å². The van der Waals surface area contributed by atoms with E-state index in [9.17, 15) is 4.79 Å². The smallest absolute Gasteiger partial charge is 0.124 e. The zero-order valence-electron chi connectivity index (χ0n) is 6.08. The standard InChI is InChI=1S/C7H12OS2/c1-2-6(5-8)7-3-4-9-10-7/h5-7H,2-4H2,1H3. The van der Waals surface area contributed by atoms with E-state index >= 15 is 0 Å². The van der Waals surface area contributed by atoms with Crippen molar-refractivity contribution in [2.45, 2.75) is 25.0 Å². The Bertz CT molecular complexity index is 110. The van der Waals surface area contributed by atoms with Gasteiger partial charge in [0.1, 0.15) is 6.29 Å². The van der Waals surface area contributed by atoms with Gasteiger partial charge in [-0.25, -0.2) is 0 Å². The first kappa shape index (κ1) is 8.47. The van der Waals surface area contributed by atoms with Gasteiger partial charge in [-0.15, -0.1) is 0 Å². The summed E-state index contributed by atoms with van der Waals surface area (Å²) in [6.45, 7) is 2.09. The predicted molar refractivity (Wildman–Crippen MR) is 48.3 cm³/mol. The Labute approximate surface area is 69.7 Å². The molecular weight excluding hydrogens is 164 g/mol. The van der Waals surface area contributed by atoms with Crippen LogP contribution >= 0.6 is 21.6 Å². The number of aldehydes is 1. The van der Waals surface area contributed by atoms with Crippen molar-refractivity contribution < 1.29 is 4.79 Å². The van der Waals surface area contributed by atoms with Crippen LogP contribution in [-0.2, 0) is 4.79 Å². The summed E-state index contributed by atoms with van der Waals surface area (Å²) >= 11 is 0. The van der Waals surface area contributed by atoms with E-state index in [1.807, 2.05) is 21.6 Å². The summed E-state index contributed by atoms with van der Waals surface area (Å²) in [5.41, 5.74) is 0. The highest BCUT2D eigenvalue weighted by atomic mass is 33.1. The van der Waals surface area contributed by atoms with Crippen molar-refractivity contribution >= 4 is 27.9 Å². The van der Waals surface area contributed by atoms with E-state index in [-0.39, 0.29) is 0 Å². The molecule has 0 aliphatic carbocycles. The first-order valence-electron chi connectivity index (χ1n) is 3.62. The Morgan fingerprint density at radius 2 is 2.60 bits per heavy atom. The molecule has 0 aromatic heterocycles. The number of carbonyl (C=O) groups excluding carboxylic acids is 1. The molecule has 0 saturated carbocycles. The molecule has 1 rings (SSSR count). The van der Waals surface area contributed by atoms with Crippen molar-refractivity contribution in [3.05, 3.63) is 0 Å². The van der Waals surface area contributed by atoms with E-state index in [2.05, 4.69) is 6.92 Å². The number of hydrogen-bond donors (Lipinski definition) is 0. The van der Waals surface area contributed by atoms with Gasteiger partial charge >= 0.3 is 0 Å². The molecule has 58 valence electrons. The van der Waals surface area contributed by atoms with Crippen LogP contribution in [0.4, 0.5) is 0 Å². The highest BCUT2D eigenvalue weighted by Crippen LogP contribution is 2.41. The molecule has 0 aromatic rings. The molecule has 1 heterocycles. The lowest BCUT2D eigenvalue weighted by Crippen LogP contribution is -2.14. The van der Waals surface area contributed by atoms with Gasteiger partial charge in [0.15, 0.2) is 0 Å². The fraction of sp³-hybridized carbons (Fsp3) is 0.857. The van der Waals surface area contributed by atoms with Gasteiger partial charge in [0.05, 0.1) is 0 Å². The molecule has 0 amide bonds. The van der Waals surface area contributed by atoms with Gasteiger partial charge in [0, 0.05) is 16.9 Å². The molecular formula is C7H12OS2. The van der Waals surface area contributed by atoms with Gasteiger partial charge in [0.25, 0.3) is 0 Å². The molecule has 10 heavy (non-hydrogen) atoms. The lowest BCUT2D eigenvalue weighted by molar-refractivity contribution is -0.111. The first-order chi connectivity index (χ1) is 4.88. The van der Waals surface area contributed by atoms with Gasteiger partial charge in [-0.05, 0) is 12.8 Å². The normalized spacial score (nSPS) is 28.3. The molecule has 1 saturated heterocycles. The van der Waals surface area contributed by atoms with Crippen molar-refractivity contribution in [1.82, 2.24) is 0 Å². The third-order valence-corrected chi connectivity index (χ3v) is 4.82. The van der Waals surface area contributed by atoms with Crippen molar-refractivity contribution in [3.8, 4) is 0 Å². The maximum Gasteiger partial charge on any atom is 0.124 e. The average molecular weight is 176 g/mol. The Morgan fingerprint density at radius 3 is 3.00 bits per heavy atom. The summed E-state index contributed by atoms with van der Waals surface area (Å²) in [5, 5.41) is 0.604. The molecule has 0 radical (unpaired) electrons. The topological polar surface area (TPSA) is 17.1 Å². The van der Waals surface area contributed by atoms with E-state index < -0.39 is 0 Å². The predicted octanol–water partition coefficient (Wildman–Crippen LogP) is 2.37. The number of carbonyl (C=O) groups is 1. The van der Waals surface area contributed by atoms with Gasteiger partial charge in [-0.1, -0.05) is 28.5 Å². The van der Waals surface area contributed by atoms with Gasteiger partial charge in [-0.3, -0.25) is 0 Å². The van der Waals surface area contributed by atoms with Crippen LogP contribution in [0.1, 0.15) is 19.8 Å². The van der Waals surface area contributed by atoms with Crippen LogP contribution in [-0.4, -0.2) is 17.3 Å². The van der Waals surface area contributed by atoms with Crippen molar-refractivity contribution in [2.24, 2.45) is 5.92 Å². The van der Waals surface area contributed by atoms with Crippen LogP contribution in [0.5, 0.6) is 0 Å². The second-order valence-corrected chi connectivity index (χ2v) is 5.18. The molecule has 2 unspecified atom stereocenters. The summed E-state index contributed by atoms with van der Waals surface area (Å²) in [5.74, 6) is 1.53. The third-order valence-electron chi connectivity index (χ3n) is 1.80. The minimum absolute atomic E-state index is 0.306. The zero-order chi connectivity index (χ0) is 7.40. The maximum absolute atomic E-state index is 10.5. The van der Waals surface area contributed by atoms with Crippen LogP contribution in [0.2, 0.25) is 0 Å². The lowest BCUT2D eigenvalue weighted by Gasteiger charge is -2.12. The second kappa shape index (κ2) is 4.29. The van der Waals surface area contributed by atoms with E-state index in [4.69, 9.17) is 0 Å². The first-order valence-corrected chi connectivity index (χ1v) is 6.00. The fourth-order valence-corrected chi connectivity index (χ4v) is 4.28. The van der Waals surface area contributed by atoms with E-state index in [0.717, 1.165) is 12.7 Å². The van der Waals surface area contributed by atoms with E-state index in [0.29, 0.717) is 11.2 Å². The minimum atomic E-state index is 0.306. The molecule has 0 spiro atoms. The average Bonchev–Trinajstić information content (AvgIpc) is 2.43. The molecule has 1 fully saturated rings. The Morgan fingerprint density at radius 1 is 1.80 bits per heavy atom. The van der Waals surface area contributed by atoms with E-state index in [1.165, 1.54) is 12.2 Å². The van der Waals surface area contributed by atoms with Gasteiger partial charge in [0.2, 0.25) is 0 Å². The summed E-state index contributed by atoms with van der Waals surface area (Å²) < 4.78 is 0. The Hall–Kier alpha value is 0.370. The molecule has 1 aliphatic rings. The van der Waals surface area contributed by atoms with Crippen molar-refractivity contribution in [3.63, 3.8) is 0 Å². The minimum Gasteiger partial charge on any atom is -0.303 e. The van der Waals surface area contributed by atoms with Crippen LogP contribution in [0.3, 0.4) is 0 Å². The van der Waals surface area contributed by atoms with Crippen LogP contribution in [0.15, 0.2) is 0 Å². The number of hydrogen-bond acceptors (Lipinski definition) is 3. The SMILES string of the molecule is CCC(C=O)C1CCSS1. The molecule has 1 nitrogen and oxygen atoms in total. The van der Waals surface area contributed by atoms with Gasteiger partial charge in [-0.2, -0.15) is 0 Å². The van der Waals surface area contributed by atoms with Crippen LogP contribution < -0.4 is 0 Å². The molecule has 0 N–H and O–H groups in total. The Kier molecular flexibility index (Phi) is 3.63. The highest BCUT2D eigenvalue weighted by molar-refractivity contribution is 8.77. The molecule has 0 aromatic carbocycles. The largest absolute Gasteiger partial charge is 0.303 e. The summed E-state index contributed by atoms with van der Waals surface area (Å²) in [4.78, 5) is 10.5. The molecule has 2 atom stereocenters. The quantitative estimate of drug-likeness (QED) is 0.485. The van der Waals surface area contributed by atoms with Crippen LogP contribution in [0, 0.1) is 5.92 Å². The van der Waals surface area contributed by atoms with E-state index in [1.54, 1.807) is 0 Å². The summed E-state index contributed by atoms with van der Waals surface area (Å²) in [6.07, 6.45) is 3.33. The number of rotatable bonds is 3. The summed E-state index contributed by atoms with van der Waals surface area (Å²) in [7, 11) is 3.78. The molecule has 1 aliphatic heterocycles. The lowest BCUT2D eigenvalue weighted by atomic mass is 10.0.